The topological polar surface area (TPSA) is 74.6 Å². The van der Waals surface area contributed by atoms with Crippen molar-refractivity contribution < 1.29 is 19.0 Å². The molecule has 0 spiro atoms. The van der Waals surface area contributed by atoms with E-state index in [1.807, 2.05) is 53.1 Å². The lowest BCUT2D eigenvalue weighted by atomic mass is 10.1. The molecule has 4 aromatic rings. The number of rotatable bonds is 12. The molecule has 1 heterocycles. The molecule has 0 unspecified atom stereocenters. The number of benzene rings is 3. The minimum atomic E-state index is -0.246. The van der Waals surface area contributed by atoms with Gasteiger partial charge in [-0.05, 0) is 60.5 Å². The Morgan fingerprint density at radius 2 is 1.89 bits per heavy atom. The lowest BCUT2D eigenvalue weighted by molar-refractivity contribution is -0.123. The van der Waals surface area contributed by atoms with E-state index in [9.17, 15) is 4.79 Å². The highest BCUT2D eigenvalue weighted by Crippen LogP contribution is 2.28. The first-order valence-corrected chi connectivity index (χ1v) is 11.9. The quantitative estimate of drug-likeness (QED) is 0.268. The monoisotopic (exact) mass is 505 g/mol. The summed E-state index contributed by atoms with van der Waals surface area (Å²) >= 11 is 5.88. The van der Waals surface area contributed by atoms with Crippen LogP contribution in [0, 0.1) is 0 Å². The van der Waals surface area contributed by atoms with Crippen LogP contribution in [0.4, 0.5) is 0 Å². The van der Waals surface area contributed by atoms with Crippen molar-refractivity contribution in [2.45, 2.75) is 19.5 Å². The molecule has 0 fully saturated rings. The number of fused-ring (bicyclic) bond motifs is 1. The van der Waals surface area contributed by atoms with E-state index in [4.69, 9.17) is 30.8 Å². The highest BCUT2D eigenvalue weighted by atomic mass is 35.5. The van der Waals surface area contributed by atoms with Crippen LogP contribution in [0.25, 0.3) is 11.0 Å². The summed E-state index contributed by atoms with van der Waals surface area (Å²) in [6.07, 6.45) is 2.61. The number of ether oxygens (including phenoxy) is 3. The smallest absolute Gasteiger partial charge is 0.258 e. The molecule has 1 N–H and O–H groups in total. The van der Waals surface area contributed by atoms with E-state index in [1.165, 1.54) is 0 Å². The van der Waals surface area contributed by atoms with Gasteiger partial charge in [0, 0.05) is 5.02 Å². The predicted octanol–water partition coefficient (Wildman–Crippen LogP) is 5.20. The Bertz CT molecular complexity index is 1330. The average molecular weight is 506 g/mol. The Morgan fingerprint density at radius 1 is 1.08 bits per heavy atom. The van der Waals surface area contributed by atoms with Crippen molar-refractivity contribution in [3.05, 3.63) is 95.8 Å². The van der Waals surface area contributed by atoms with Gasteiger partial charge in [0.1, 0.15) is 18.2 Å². The Labute approximate surface area is 215 Å². The molecule has 1 aromatic heterocycles. The van der Waals surface area contributed by atoms with Crippen LogP contribution in [0.2, 0.25) is 5.02 Å². The fourth-order valence-corrected chi connectivity index (χ4v) is 3.92. The number of halogens is 1. The summed E-state index contributed by atoms with van der Waals surface area (Å²) in [7, 11) is 1.63. The third kappa shape index (κ3) is 6.37. The molecular weight excluding hydrogens is 478 g/mol. The normalized spacial score (nSPS) is 10.7. The van der Waals surface area contributed by atoms with Gasteiger partial charge in [-0.2, -0.15) is 0 Å². The fraction of sp³-hybridized carbons (Fsp3) is 0.214. The minimum absolute atomic E-state index is 0.105. The third-order valence-corrected chi connectivity index (χ3v) is 5.79. The molecule has 0 aliphatic rings. The number of carbonyl (C=O) groups excluding carboxylic acids is 1. The first kappa shape index (κ1) is 25.1. The fourth-order valence-electron chi connectivity index (χ4n) is 3.79. The number of para-hydroxylation sites is 2. The maximum atomic E-state index is 12.4. The second kappa shape index (κ2) is 12.1. The SMILES string of the molecule is C=CCc1ccc(OCCn2c(CNC(=O)COc3ccc(Cl)cc3)nc3ccccc32)c(OC)c1. The van der Waals surface area contributed by atoms with Gasteiger partial charge in [0.2, 0.25) is 0 Å². The van der Waals surface area contributed by atoms with Crippen LogP contribution < -0.4 is 19.5 Å². The molecule has 0 aliphatic carbocycles. The third-order valence-electron chi connectivity index (χ3n) is 5.54. The number of aromatic nitrogens is 2. The molecule has 0 saturated carbocycles. The Hall–Kier alpha value is -3.97. The van der Waals surface area contributed by atoms with Crippen LogP contribution in [0.15, 0.2) is 79.4 Å². The Balaban J connectivity index is 1.39. The molecule has 3 aromatic carbocycles. The Kier molecular flexibility index (Phi) is 8.47. The zero-order valence-electron chi connectivity index (χ0n) is 20.1. The maximum Gasteiger partial charge on any atom is 0.258 e. The van der Waals surface area contributed by atoms with Gasteiger partial charge in [-0.15, -0.1) is 6.58 Å². The largest absolute Gasteiger partial charge is 0.493 e. The van der Waals surface area contributed by atoms with Gasteiger partial charge >= 0.3 is 0 Å². The molecule has 0 saturated heterocycles. The van der Waals surface area contributed by atoms with Crippen molar-refractivity contribution in [3.8, 4) is 17.2 Å². The van der Waals surface area contributed by atoms with Crippen molar-refractivity contribution in [1.29, 1.82) is 0 Å². The zero-order chi connectivity index (χ0) is 25.3. The Morgan fingerprint density at radius 3 is 2.67 bits per heavy atom. The van der Waals surface area contributed by atoms with E-state index < -0.39 is 0 Å². The summed E-state index contributed by atoms with van der Waals surface area (Å²) < 4.78 is 19.1. The summed E-state index contributed by atoms with van der Waals surface area (Å²) in [5.74, 6) is 2.41. The molecule has 7 nitrogen and oxygen atoms in total. The first-order valence-electron chi connectivity index (χ1n) is 11.6. The molecule has 0 radical (unpaired) electrons. The molecule has 0 atom stereocenters. The van der Waals surface area contributed by atoms with E-state index in [0.717, 1.165) is 28.8 Å². The van der Waals surface area contributed by atoms with E-state index in [2.05, 4.69) is 11.9 Å². The number of nitrogens with one attached hydrogen (secondary N) is 1. The molecule has 36 heavy (non-hydrogen) atoms. The van der Waals surface area contributed by atoms with Gasteiger partial charge < -0.3 is 24.1 Å². The summed E-state index contributed by atoms with van der Waals surface area (Å²) in [6, 6.07) is 20.6. The van der Waals surface area contributed by atoms with Crippen LogP contribution in [0.3, 0.4) is 0 Å². The summed E-state index contributed by atoms with van der Waals surface area (Å²) in [4.78, 5) is 17.1. The standard InChI is InChI=1S/C28H28ClN3O4/c1-3-6-20-9-14-25(26(17-20)34-2)35-16-15-32-24-8-5-4-7-23(24)31-27(32)18-30-28(33)19-36-22-12-10-21(29)11-13-22/h3-5,7-14,17H,1,6,15-16,18-19H2,2H3,(H,30,33). The van der Waals surface area contributed by atoms with Crippen molar-refractivity contribution in [2.24, 2.45) is 0 Å². The van der Waals surface area contributed by atoms with E-state index in [1.54, 1.807) is 31.4 Å². The van der Waals surface area contributed by atoms with Crippen LogP contribution in [0.5, 0.6) is 17.2 Å². The molecule has 186 valence electrons. The van der Waals surface area contributed by atoms with E-state index in [-0.39, 0.29) is 19.1 Å². The van der Waals surface area contributed by atoms with Crippen molar-refractivity contribution in [1.82, 2.24) is 14.9 Å². The van der Waals surface area contributed by atoms with Crippen LogP contribution in [-0.2, 0) is 24.3 Å². The summed E-state index contributed by atoms with van der Waals surface area (Å²) in [5, 5.41) is 3.49. The average Bonchev–Trinajstić information content (AvgIpc) is 3.25. The first-order chi connectivity index (χ1) is 17.6. The number of amides is 1. The van der Waals surface area contributed by atoms with Gasteiger partial charge in [0.15, 0.2) is 18.1 Å². The molecule has 1 amide bonds. The minimum Gasteiger partial charge on any atom is -0.493 e. The number of methoxy groups -OCH3 is 1. The number of hydrogen-bond acceptors (Lipinski definition) is 5. The van der Waals surface area contributed by atoms with Gasteiger partial charge in [0.05, 0.1) is 31.2 Å². The number of carbonyl (C=O) groups is 1. The molecule has 0 aliphatic heterocycles. The molecule has 0 bridgehead atoms. The van der Waals surface area contributed by atoms with Gasteiger partial charge in [-0.1, -0.05) is 35.9 Å². The number of nitrogens with zero attached hydrogens (tertiary/aromatic N) is 2. The van der Waals surface area contributed by atoms with Crippen LogP contribution in [0.1, 0.15) is 11.4 Å². The van der Waals surface area contributed by atoms with Gasteiger partial charge in [-0.3, -0.25) is 4.79 Å². The van der Waals surface area contributed by atoms with Crippen molar-refractivity contribution >= 4 is 28.5 Å². The second-order valence-electron chi connectivity index (χ2n) is 8.01. The van der Waals surface area contributed by atoms with Gasteiger partial charge in [-0.25, -0.2) is 4.98 Å². The summed E-state index contributed by atoms with van der Waals surface area (Å²) in [5.41, 5.74) is 2.93. The molecule has 8 heteroatoms. The lowest BCUT2D eigenvalue weighted by Crippen LogP contribution is -2.29. The lowest BCUT2D eigenvalue weighted by Gasteiger charge is -2.14. The van der Waals surface area contributed by atoms with E-state index >= 15 is 0 Å². The number of imidazole rings is 1. The van der Waals surface area contributed by atoms with Gasteiger partial charge in [0.25, 0.3) is 5.91 Å². The molecular formula is C28H28ClN3O4. The number of hydrogen-bond donors (Lipinski definition) is 1. The van der Waals surface area contributed by atoms with Crippen LogP contribution >= 0.6 is 11.6 Å². The zero-order valence-corrected chi connectivity index (χ0v) is 20.8. The highest BCUT2D eigenvalue weighted by molar-refractivity contribution is 6.30. The second-order valence-corrected chi connectivity index (χ2v) is 8.45. The van der Waals surface area contributed by atoms with E-state index in [0.29, 0.717) is 35.4 Å². The number of allylic oxidation sites excluding steroid dienone is 1. The van der Waals surface area contributed by atoms with Crippen LogP contribution in [-0.4, -0.2) is 35.8 Å². The highest BCUT2D eigenvalue weighted by Gasteiger charge is 2.13. The van der Waals surface area contributed by atoms with Crippen molar-refractivity contribution in [2.75, 3.05) is 20.3 Å². The molecule has 4 rings (SSSR count). The predicted molar refractivity (Wildman–Crippen MR) is 141 cm³/mol. The maximum absolute atomic E-state index is 12.4. The summed E-state index contributed by atoms with van der Waals surface area (Å²) in [6.45, 7) is 4.88. The van der Waals surface area contributed by atoms with Crippen molar-refractivity contribution in [3.63, 3.8) is 0 Å².